The Morgan fingerprint density at radius 3 is 2.70 bits per heavy atom. The van der Waals surface area contributed by atoms with Crippen LogP contribution in [0.15, 0.2) is 18.2 Å². The SMILES string of the molecule is COc1ccc(C2CC(=O)NN2C(=O)O)cc1OC1CCCC1. The largest absolute Gasteiger partial charge is 0.493 e. The lowest BCUT2D eigenvalue weighted by Crippen LogP contribution is -2.38. The maximum absolute atomic E-state index is 11.6. The van der Waals surface area contributed by atoms with Crippen molar-refractivity contribution in [1.82, 2.24) is 10.4 Å². The molecule has 1 aromatic rings. The van der Waals surface area contributed by atoms with E-state index in [1.165, 1.54) is 0 Å². The van der Waals surface area contributed by atoms with E-state index in [0.29, 0.717) is 17.1 Å². The topological polar surface area (TPSA) is 88.1 Å². The summed E-state index contributed by atoms with van der Waals surface area (Å²) in [5.41, 5.74) is 3.05. The summed E-state index contributed by atoms with van der Waals surface area (Å²) in [5, 5.41) is 10.2. The number of hydrogen-bond acceptors (Lipinski definition) is 4. The second-order valence-electron chi connectivity index (χ2n) is 5.84. The summed E-state index contributed by atoms with van der Waals surface area (Å²) in [6.07, 6.45) is 3.41. The molecule has 2 amide bonds. The predicted molar refractivity (Wildman–Crippen MR) is 81.2 cm³/mol. The van der Waals surface area contributed by atoms with Crippen molar-refractivity contribution in [1.29, 1.82) is 0 Å². The molecule has 2 aliphatic rings. The number of carboxylic acid groups (broad SMARTS) is 1. The van der Waals surface area contributed by atoms with Gasteiger partial charge in [-0.1, -0.05) is 6.07 Å². The molecule has 0 spiro atoms. The molecule has 2 fully saturated rings. The molecule has 1 aromatic carbocycles. The number of methoxy groups -OCH3 is 1. The van der Waals surface area contributed by atoms with Crippen molar-refractivity contribution < 1.29 is 24.2 Å². The van der Waals surface area contributed by atoms with E-state index in [-0.39, 0.29) is 18.4 Å². The Labute approximate surface area is 134 Å². The molecule has 1 aliphatic carbocycles. The van der Waals surface area contributed by atoms with Gasteiger partial charge in [0.2, 0.25) is 5.91 Å². The third kappa shape index (κ3) is 3.18. The number of amides is 2. The molecule has 0 bridgehead atoms. The first-order chi connectivity index (χ1) is 11.1. The van der Waals surface area contributed by atoms with Crippen molar-refractivity contribution in [2.75, 3.05) is 7.11 Å². The molecule has 3 rings (SSSR count). The molecule has 23 heavy (non-hydrogen) atoms. The first kappa shape index (κ1) is 15.5. The molecular weight excluding hydrogens is 300 g/mol. The Kier molecular flexibility index (Phi) is 4.27. The van der Waals surface area contributed by atoms with E-state index in [2.05, 4.69) is 5.43 Å². The zero-order valence-corrected chi connectivity index (χ0v) is 12.9. The summed E-state index contributed by atoms with van der Waals surface area (Å²) in [6.45, 7) is 0. The minimum absolute atomic E-state index is 0.0987. The molecule has 1 aliphatic heterocycles. The first-order valence-electron chi connectivity index (χ1n) is 7.74. The summed E-state index contributed by atoms with van der Waals surface area (Å²) in [7, 11) is 1.57. The van der Waals surface area contributed by atoms with Crippen molar-refractivity contribution in [2.45, 2.75) is 44.2 Å². The number of hydrogen-bond donors (Lipinski definition) is 2. The second-order valence-corrected chi connectivity index (χ2v) is 5.84. The van der Waals surface area contributed by atoms with Gasteiger partial charge in [-0.25, -0.2) is 9.80 Å². The highest BCUT2D eigenvalue weighted by Crippen LogP contribution is 2.36. The number of carbonyl (C=O) groups is 2. The lowest BCUT2D eigenvalue weighted by Gasteiger charge is -2.22. The van der Waals surface area contributed by atoms with Gasteiger partial charge in [0, 0.05) is 0 Å². The van der Waals surface area contributed by atoms with Crippen molar-refractivity contribution >= 4 is 12.0 Å². The van der Waals surface area contributed by atoms with Gasteiger partial charge >= 0.3 is 6.09 Å². The number of nitrogens with zero attached hydrogens (tertiary/aromatic N) is 1. The predicted octanol–water partition coefficient (Wildman–Crippen LogP) is 2.47. The molecule has 1 atom stereocenters. The number of hydrazine groups is 1. The van der Waals surface area contributed by atoms with Crippen molar-refractivity contribution in [2.24, 2.45) is 0 Å². The van der Waals surface area contributed by atoms with E-state index in [9.17, 15) is 14.7 Å². The van der Waals surface area contributed by atoms with Crippen LogP contribution in [0.4, 0.5) is 4.79 Å². The molecule has 0 aromatic heterocycles. The molecule has 1 saturated heterocycles. The Morgan fingerprint density at radius 1 is 1.30 bits per heavy atom. The van der Waals surface area contributed by atoms with Crippen LogP contribution >= 0.6 is 0 Å². The van der Waals surface area contributed by atoms with Crippen LogP contribution < -0.4 is 14.9 Å². The van der Waals surface area contributed by atoms with E-state index >= 15 is 0 Å². The van der Waals surface area contributed by atoms with E-state index in [4.69, 9.17) is 9.47 Å². The average molecular weight is 320 g/mol. The molecule has 124 valence electrons. The normalized spacial score (nSPS) is 21.3. The lowest BCUT2D eigenvalue weighted by molar-refractivity contribution is -0.120. The highest BCUT2D eigenvalue weighted by molar-refractivity contribution is 5.83. The number of benzene rings is 1. The number of carbonyl (C=O) groups excluding carboxylic acids is 1. The van der Waals surface area contributed by atoms with Crippen LogP contribution in [0.5, 0.6) is 11.5 Å². The Balaban J connectivity index is 1.87. The molecular formula is C16H20N2O5. The van der Waals surface area contributed by atoms with Crippen molar-refractivity contribution in [3.8, 4) is 11.5 Å². The van der Waals surface area contributed by atoms with Crippen molar-refractivity contribution in [3.63, 3.8) is 0 Å². The Bertz CT molecular complexity index is 612. The van der Waals surface area contributed by atoms with Gasteiger partial charge in [-0.2, -0.15) is 0 Å². The van der Waals surface area contributed by atoms with Crippen LogP contribution in [0.3, 0.4) is 0 Å². The Hall–Kier alpha value is -2.44. The monoisotopic (exact) mass is 320 g/mol. The van der Waals surface area contributed by atoms with Crippen molar-refractivity contribution in [3.05, 3.63) is 23.8 Å². The van der Waals surface area contributed by atoms with Gasteiger partial charge in [-0.15, -0.1) is 0 Å². The number of rotatable bonds is 4. The quantitative estimate of drug-likeness (QED) is 0.890. The fourth-order valence-corrected chi connectivity index (χ4v) is 3.15. The maximum atomic E-state index is 11.6. The maximum Gasteiger partial charge on any atom is 0.426 e. The van der Waals surface area contributed by atoms with Gasteiger partial charge in [0.25, 0.3) is 0 Å². The zero-order valence-electron chi connectivity index (χ0n) is 12.9. The van der Waals surface area contributed by atoms with Gasteiger partial charge in [0.05, 0.1) is 25.7 Å². The number of ether oxygens (including phenoxy) is 2. The molecule has 0 radical (unpaired) electrons. The fraction of sp³-hybridized carbons (Fsp3) is 0.500. The standard InChI is InChI=1S/C16H20N2O5/c1-22-13-7-6-10(8-14(13)23-11-4-2-3-5-11)12-9-15(19)17-18(12)16(20)21/h6-8,11-12H,2-5,9H2,1H3,(H,17,19)(H,20,21). The van der Waals surface area contributed by atoms with Crippen LogP contribution in [0, 0.1) is 0 Å². The highest BCUT2D eigenvalue weighted by Gasteiger charge is 2.35. The van der Waals surface area contributed by atoms with E-state index in [1.807, 2.05) is 0 Å². The van der Waals surface area contributed by atoms with Crippen LogP contribution in [-0.4, -0.2) is 35.3 Å². The van der Waals surface area contributed by atoms with Gasteiger partial charge in [-0.3, -0.25) is 10.2 Å². The highest BCUT2D eigenvalue weighted by atomic mass is 16.5. The van der Waals surface area contributed by atoms with Gasteiger partial charge in [0.1, 0.15) is 0 Å². The smallest absolute Gasteiger partial charge is 0.426 e. The summed E-state index contributed by atoms with van der Waals surface area (Å²) >= 11 is 0. The molecule has 7 nitrogen and oxygen atoms in total. The van der Waals surface area contributed by atoms with E-state index < -0.39 is 12.1 Å². The van der Waals surface area contributed by atoms with Gasteiger partial charge in [0.15, 0.2) is 11.5 Å². The van der Waals surface area contributed by atoms with E-state index in [1.54, 1.807) is 25.3 Å². The Morgan fingerprint density at radius 2 is 2.04 bits per heavy atom. The molecule has 1 unspecified atom stereocenters. The molecule has 1 saturated carbocycles. The number of nitrogens with one attached hydrogen (secondary N) is 1. The van der Waals surface area contributed by atoms with Crippen LogP contribution in [0.25, 0.3) is 0 Å². The summed E-state index contributed by atoms with van der Waals surface area (Å²) < 4.78 is 11.4. The van der Waals surface area contributed by atoms with Gasteiger partial charge in [-0.05, 0) is 43.4 Å². The molecule has 7 heteroatoms. The van der Waals surface area contributed by atoms with Crippen LogP contribution in [0.2, 0.25) is 0 Å². The summed E-state index contributed by atoms with van der Waals surface area (Å²) in [6, 6.07) is 4.73. The summed E-state index contributed by atoms with van der Waals surface area (Å²) in [4.78, 5) is 22.8. The zero-order chi connectivity index (χ0) is 16.4. The van der Waals surface area contributed by atoms with Gasteiger partial charge < -0.3 is 14.6 Å². The average Bonchev–Trinajstić information content (AvgIpc) is 3.16. The lowest BCUT2D eigenvalue weighted by atomic mass is 10.0. The van der Waals surface area contributed by atoms with E-state index in [0.717, 1.165) is 30.7 Å². The molecule has 1 heterocycles. The third-order valence-electron chi connectivity index (χ3n) is 4.31. The van der Waals surface area contributed by atoms with Crippen LogP contribution in [-0.2, 0) is 4.79 Å². The molecule has 2 N–H and O–H groups in total. The minimum atomic E-state index is -1.19. The summed E-state index contributed by atoms with van der Waals surface area (Å²) in [5.74, 6) is 0.896. The second kappa shape index (κ2) is 6.36. The first-order valence-corrected chi connectivity index (χ1v) is 7.74. The minimum Gasteiger partial charge on any atom is -0.493 e. The third-order valence-corrected chi connectivity index (χ3v) is 4.31. The van der Waals surface area contributed by atoms with Crippen LogP contribution in [0.1, 0.15) is 43.7 Å². The fourth-order valence-electron chi connectivity index (χ4n) is 3.15.